The van der Waals surface area contributed by atoms with E-state index in [0.717, 1.165) is 36.6 Å². The minimum absolute atomic E-state index is 0.0460. The molecule has 0 bridgehead atoms. The van der Waals surface area contributed by atoms with Crippen molar-refractivity contribution < 1.29 is 13.7 Å². The Morgan fingerprint density at radius 3 is 2.75 bits per heavy atom. The molecular weight excluding hydrogens is 308 g/mol. The van der Waals surface area contributed by atoms with Crippen LogP contribution in [0.1, 0.15) is 58.4 Å². The molecule has 1 amide bonds. The van der Waals surface area contributed by atoms with Gasteiger partial charge in [-0.15, -0.1) is 0 Å². The molecule has 2 aromatic heterocycles. The van der Waals surface area contributed by atoms with Gasteiger partial charge in [-0.25, -0.2) is 0 Å². The second-order valence-corrected chi connectivity index (χ2v) is 6.88. The summed E-state index contributed by atoms with van der Waals surface area (Å²) in [7, 11) is 2.03. The number of rotatable bonds is 3. The molecule has 3 heterocycles. The Bertz CT molecular complexity index is 762. The van der Waals surface area contributed by atoms with Crippen LogP contribution in [0.15, 0.2) is 15.0 Å². The standard InChI is InChI=1S/C17H22N4O3/c1-10-8-11(2)23-14(10)17(22)21-7-6-20(3)13(9-21)15-18-16(24-19-15)12-4-5-12/h8,12-13H,4-7,9H2,1-3H3/t13-/m1/s1. The highest BCUT2D eigenvalue weighted by Crippen LogP contribution is 2.39. The van der Waals surface area contributed by atoms with Gasteiger partial charge in [0.2, 0.25) is 5.89 Å². The second kappa shape index (κ2) is 5.73. The average Bonchev–Trinajstić information content (AvgIpc) is 3.19. The molecule has 7 nitrogen and oxygen atoms in total. The third-order valence-corrected chi connectivity index (χ3v) is 4.85. The van der Waals surface area contributed by atoms with Gasteiger partial charge in [-0.05, 0) is 39.8 Å². The molecule has 0 aromatic carbocycles. The zero-order valence-corrected chi connectivity index (χ0v) is 14.3. The van der Waals surface area contributed by atoms with Crippen LogP contribution < -0.4 is 0 Å². The van der Waals surface area contributed by atoms with E-state index in [0.29, 0.717) is 30.6 Å². The first-order valence-electron chi connectivity index (χ1n) is 8.43. The normalized spacial score (nSPS) is 22.1. The lowest BCUT2D eigenvalue weighted by Gasteiger charge is -2.37. The Labute approximate surface area is 140 Å². The minimum Gasteiger partial charge on any atom is -0.456 e. The Hall–Kier alpha value is -2.15. The Balaban J connectivity index is 1.53. The van der Waals surface area contributed by atoms with Crippen molar-refractivity contribution in [1.82, 2.24) is 19.9 Å². The lowest BCUT2D eigenvalue weighted by atomic mass is 10.1. The largest absolute Gasteiger partial charge is 0.456 e. The van der Waals surface area contributed by atoms with Crippen LogP contribution in [0.4, 0.5) is 0 Å². The van der Waals surface area contributed by atoms with Crippen LogP contribution in [-0.2, 0) is 0 Å². The van der Waals surface area contributed by atoms with E-state index in [1.807, 2.05) is 31.9 Å². The molecule has 2 fully saturated rings. The fourth-order valence-electron chi connectivity index (χ4n) is 3.21. The fourth-order valence-corrected chi connectivity index (χ4v) is 3.21. The molecule has 1 aliphatic carbocycles. The van der Waals surface area contributed by atoms with E-state index >= 15 is 0 Å². The van der Waals surface area contributed by atoms with Gasteiger partial charge < -0.3 is 13.8 Å². The van der Waals surface area contributed by atoms with Crippen LogP contribution in [0, 0.1) is 13.8 Å². The number of nitrogens with zero attached hydrogens (tertiary/aromatic N) is 4. The van der Waals surface area contributed by atoms with Gasteiger partial charge in [0.05, 0.1) is 6.04 Å². The van der Waals surface area contributed by atoms with Gasteiger partial charge in [0.1, 0.15) is 5.76 Å². The van der Waals surface area contributed by atoms with Crippen molar-refractivity contribution in [3.8, 4) is 0 Å². The molecule has 1 atom stereocenters. The number of furan rings is 1. The van der Waals surface area contributed by atoms with Crippen LogP contribution >= 0.6 is 0 Å². The summed E-state index contributed by atoms with van der Waals surface area (Å²) in [6, 6.07) is 1.84. The van der Waals surface area contributed by atoms with Gasteiger partial charge in [0.25, 0.3) is 5.91 Å². The summed E-state index contributed by atoms with van der Waals surface area (Å²) in [4.78, 5) is 21.3. The van der Waals surface area contributed by atoms with Gasteiger partial charge in [-0.3, -0.25) is 9.69 Å². The maximum atomic E-state index is 12.8. The number of amides is 1. The van der Waals surface area contributed by atoms with E-state index in [1.165, 1.54) is 0 Å². The van der Waals surface area contributed by atoms with E-state index in [9.17, 15) is 4.79 Å². The molecule has 0 N–H and O–H groups in total. The zero-order valence-electron chi connectivity index (χ0n) is 14.3. The zero-order chi connectivity index (χ0) is 16.8. The van der Waals surface area contributed by atoms with E-state index in [1.54, 1.807) is 0 Å². The first-order chi connectivity index (χ1) is 11.5. The van der Waals surface area contributed by atoms with Crippen molar-refractivity contribution in [2.24, 2.45) is 0 Å². The quantitative estimate of drug-likeness (QED) is 0.859. The van der Waals surface area contributed by atoms with Crippen LogP contribution in [-0.4, -0.2) is 52.5 Å². The summed E-state index contributed by atoms with van der Waals surface area (Å²) in [5.41, 5.74) is 0.878. The Kier molecular flexibility index (Phi) is 3.68. The van der Waals surface area contributed by atoms with E-state index < -0.39 is 0 Å². The van der Waals surface area contributed by atoms with Gasteiger partial charge >= 0.3 is 0 Å². The lowest BCUT2D eigenvalue weighted by Crippen LogP contribution is -2.49. The SMILES string of the molecule is Cc1cc(C)c(C(=O)N2CCN(C)[C@@H](c3noc(C4CC4)n3)C2)o1. The van der Waals surface area contributed by atoms with Gasteiger partial charge in [-0.2, -0.15) is 4.98 Å². The van der Waals surface area contributed by atoms with E-state index in [-0.39, 0.29) is 11.9 Å². The Morgan fingerprint density at radius 1 is 1.29 bits per heavy atom. The predicted molar refractivity (Wildman–Crippen MR) is 85.7 cm³/mol. The predicted octanol–water partition coefficient (Wildman–Crippen LogP) is 2.29. The molecule has 2 aromatic rings. The summed E-state index contributed by atoms with van der Waals surface area (Å²) >= 11 is 0. The topological polar surface area (TPSA) is 75.6 Å². The molecule has 24 heavy (non-hydrogen) atoms. The third-order valence-electron chi connectivity index (χ3n) is 4.85. The minimum atomic E-state index is -0.0652. The highest BCUT2D eigenvalue weighted by Gasteiger charge is 2.35. The average molecular weight is 330 g/mol. The Morgan fingerprint density at radius 2 is 2.08 bits per heavy atom. The number of carbonyl (C=O) groups excluding carboxylic acids is 1. The summed E-state index contributed by atoms with van der Waals surface area (Å²) in [5.74, 6) is 2.97. The molecule has 2 aliphatic rings. The summed E-state index contributed by atoms with van der Waals surface area (Å²) in [6.07, 6.45) is 2.26. The van der Waals surface area contributed by atoms with Gasteiger partial charge in [0, 0.05) is 31.1 Å². The van der Waals surface area contributed by atoms with Crippen molar-refractivity contribution in [2.45, 2.75) is 38.6 Å². The highest BCUT2D eigenvalue weighted by atomic mass is 16.5. The third kappa shape index (κ3) is 2.73. The second-order valence-electron chi connectivity index (χ2n) is 6.88. The first-order valence-corrected chi connectivity index (χ1v) is 8.43. The van der Waals surface area contributed by atoms with Crippen LogP contribution in [0.2, 0.25) is 0 Å². The van der Waals surface area contributed by atoms with Gasteiger partial charge in [0.15, 0.2) is 11.6 Å². The molecule has 1 saturated heterocycles. The maximum Gasteiger partial charge on any atom is 0.289 e. The summed E-state index contributed by atoms with van der Waals surface area (Å²) in [6.45, 7) is 5.73. The smallest absolute Gasteiger partial charge is 0.289 e. The molecule has 0 unspecified atom stereocenters. The summed E-state index contributed by atoms with van der Waals surface area (Å²) in [5, 5.41) is 4.15. The molecule has 128 valence electrons. The molecule has 1 aliphatic heterocycles. The van der Waals surface area contributed by atoms with Gasteiger partial charge in [-0.1, -0.05) is 5.16 Å². The van der Waals surface area contributed by atoms with E-state index in [4.69, 9.17) is 8.94 Å². The lowest BCUT2D eigenvalue weighted by molar-refractivity contribution is 0.0498. The molecule has 0 spiro atoms. The van der Waals surface area contributed by atoms with Crippen LogP contribution in [0.25, 0.3) is 0 Å². The van der Waals surface area contributed by atoms with Crippen LogP contribution in [0.5, 0.6) is 0 Å². The van der Waals surface area contributed by atoms with Crippen molar-refractivity contribution in [1.29, 1.82) is 0 Å². The number of piperazine rings is 1. The molecular formula is C17H22N4O3. The van der Waals surface area contributed by atoms with Crippen molar-refractivity contribution in [3.05, 3.63) is 34.9 Å². The van der Waals surface area contributed by atoms with Crippen molar-refractivity contribution in [2.75, 3.05) is 26.7 Å². The first kappa shape index (κ1) is 15.4. The number of hydrogen-bond acceptors (Lipinski definition) is 6. The number of likely N-dealkylation sites (N-methyl/N-ethyl adjacent to an activating group) is 1. The monoisotopic (exact) mass is 330 g/mol. The molecule has 1 saturated carbocycles. The summed E-state index contributed by atoms with van der Waals surface area (Å²) < 4.78 is 11.0. The maximum absolute atomic E-state index is 12.8. The number of hydrogen-bond donors (Lipinski definition) is 0. The van der Waals surface area contributed by atoms with Crippen LogP contribution in [0.3, 0.4) is 0 Å². The number of aromatic nitrogens is 2. The van der Waals surface area contributed by atoms with Crippen molar-refractivity contribution >= 4 is 5.91 Å². The molecule has 0 radical (unpaired) electrons. The van der Waals surface area contributed by atoms with E-state index in [2.05, 4.69) is 15.0 Å². The molecule has 4 rings (SSSR count). The fraction of sp³-hybridized carbons (Fsp3) is 0.588. The number of aryl methyl sites for hydroxylation is 2. The molecule has 7 heteroatoms. The highest BCUT2D eigenvalue weighted by molar-refractivity contribution is 5.93. The van der Waals surface area contributed by atoms with Crippen molar-refractivity contribution in [3.63, 3.8) is 0 Å². The number of carbonyl (C=O) groups is 1.